The standard InChI is InChI=1S/C22H21FN4S/c1-13-17(23)4-7-20(26-13)22-16(3-6-18(27-22)15-8-9-24-11-15)14-2-5-19-21(10-14)28-12-25-19/h2-5,7,10,12,15,18,24H,6,8-9,11H2,1H3/t15-,18-/m0/s1. The fourth-order valence-corrected chi connectivity index (χ4v) is 4.80. The minimum atomic E-state index is -0.284. The van der Waals surface area contributed by atoms with Gasteiger partial charge in [-0.3, -0.25) is 4.99 Å². The second-order valence-corrected chi connectivity index (χ2v) is 8.34. The first-order chi connectivity index (χ1) is 13.7. The number of aryl methyl sites for hydroxylation is 1. The molecule has 2 atom stereocenters. The number of hydrogen-bond acceptors (Lipinski definition) is 5. The van der Waals surface area contributed by atoms with Crippen LogP contribution in [-0.4, -0.2) is 34.8 Å². The summed E-state index contributed by atoms with van der Waals surface area (Å²) in [5.41, 5.74) is 7.09. The zero-order valence-corrected chi connectivity index (χ0v) is 16.5. The number of pyridine rings is 1. The third-order valence-electron chi connectivity index (χ3n) is 5.66. The molecule has 1 saturated heterocycles. The highest BCUT2D eigenvalue weighted by Crippen LogP contribution is 2.32. The second kappa shape index (κ2) is 7.18. The largest absolute Gasteiger partial charge is 0.316 e. The molecule has 2 aromatic heterocycles. The van der Waals surface area contributed by atoms with Crippen molar-refractivity contribution in [2.75, 3.05) is 13.1 Å². The maximum Gasteiger partial charge on any atom is 0.144 e. The number of nitrogens with zero attached hydrogens (tertiary/aromatic N) is 3. The van der Waals surface area contributed by atoms with Crippen molar-refractivity contribution in [3.05, 3.63) is 64.7 Å². The van der Waals surface area contributed by atoms with E-state index in [4.69, 9.17) is 4.99 Å². The number of allylic oxidation sites excluding steroid dienone is 1. The molecule has 3 aromatic rings. The van der Waals surface area contributed by atoms with E-state index in [1.165, 1.54) is 6.07 Å². The van der Waals surface area contributed by atoms with Crippen LogP contribution in [0.4, 0.5) is 4.39 Å². The van der Waals surface area contributed by atoms with E-state index >= 15 is 0 Å². The molecule has 0 radical (unpaired) electrons. The smallest absolute Gasteiger partial charge is 0.144 e. The highest BCUT2D eigenvalue weighted by Gasteiger charge is 2.29. The van der Waals surface area contributed by atoms with E-state index in [1.807, 2.05) is 5.51 Å². The highest BCUT2D eigenvalue weighted by atomic mass is 32.1. The predicted molar refractivity (Wildman–Crippen MR) is 112 cm³/mol. The van der Waals surface area contributed by atoms with Crippen LogP contribution in [0.1, 0.15) is 29.8 Å². The molecule has 142 valence electrons. The Kier molecular flexibility index (Phi) is 4.53. The van der Waals surface area contributed by atoms with Crippen LogP contribution in [0.3, 0.4) is 0 Å². The number of aromatic nitrogens is 2. The van der Waals surface area contributed by atoms with Crippen molar-refractivity contribution in [1.82, 2.24) is 15.3 Å². The van der Waals surface area contributed by atoms with Gasteiger partial charge in [-0.1, -0.05) is 12.1 Å². The lowest BCUT2D eigenvalue weighted by molar-refractivity contribution is 0.458. The summed E-state index contributed by atoms with van der Waals surface area (Å²) >= 11 is 1.64. The molecule has 1 N–H and O–H groups in total. The van der Waals surface area contributed by atoms with Crippen molar-refractivity contribution < 1.29 is 4.39 Å². The van der Waals surface area contributed by atoms with E-state index in [9.17, 15) is 4.39 Å². The maximum atomic E-state index is 13.8. The molecule has 6 heteroatoms. The van der Waals surface area contributed by atoms with Crippen LogP contribution < -0.4 is 5.32 Å². The van der Waals surface area contributed by atoms with Gasteiger partial charge in [0.15, 0.2) is 0 Å². The van der Waals surface area contributed by atoms with Crippen LogP contribution in [-0.2, 0) is 0 Å². The van der Waals surface area contributed by atoms with Crippen LogP contribution >= 0.6 is 11.3 Å². The van der Waals surface area contributed by atoms with Crippen LogP contribution in [0.5, 0.6) is 0 Å². The summed E-state index contributed by atoms with van der Waals surface area (Å²) in [6.07, 6.45) is 4.35. The Morgan fingerprint density at radius 3 is 2.96 bits per heavy atom. The van der Waals surface area contributed by atoms with Crippen molar-refractivity contribution in [3.63, 3.8) is 0 Å². The molecule has 28 heavy (non-hydrogen) atoms. The average Bonchev–Trinajstić information content (AvgIpc) is 3.41. The first-order valence-corrected chi connectivity index (χ1v) is 10.5. The molecule has 1 aromatic carbocycles. The summed E-state index contributed by atoms with van der Waals surface area (Å²) in [5.74, 6) is 0.256. The van der Waals surface area contributed by atoms with Gasteiger partial charge >= 0.3 is 0 Å². The van der Waals surface area contributed by atoms with Crippen LogP contribution in [0.2, 0.25) is 0 Å². The molecule has 1 fully saturated rings. The number of aliphatic imine (C=N–C) groups is 1. The van der Waals surface area contributed by atoms with Crippen LogP contribution in [0.25, 0.3) is 15.8 Å². The molecule has 0 spiro atoms. The third-order valence-corrected chi connectivity index (χ3v) is 6.45. The zero-order valence-electron chi connectivity index (χ0n) is 15.7. The molecule has 4 heterocycles. The SMILES string of the molecule is Cc1nc(C2=N[C@H]([C@H]3CCNC3)CC=C2c2ccc3ncsc3c2)ccc1F. The van der Waals surface area contributed by atoms with Gasteiger partial charge in [0.1, 0.15) is 5.82 Å². The fourth-order valence-electron chi connectivity index (χ4n) is 4.08. The zero-order chi connectivity index (χ0) is 19.1. The Hall–Kier alpha value is -2.44. The van der Waals surface area contributed by atoms with E-state index in [-0.39, 0.29) is 11.9 Å². The van der Waals surface area contributed by atoms with Gasteiger partial charge in [-0.15, -0.1) is 11.3 Å². The minimum Gasteiger partial charge on any atom is -0.316 e. The molecule has 5 rings (SSSR count). The molecule has 0 bridgehead atoms. The molecular formula is C22H21FN4S. The Bertz CT molecular complexity index is 1090. The van der Waals surface area contributed by atoms with E-state index in [0.717, 1.165) is 58.7 Å². The van der Waals surface area contributed by atoms with Gasteiger partial charge in [0.25, 0.3) is 0 Å². The molecule has 0 saturated carbocycles. The summed E-state index contributed by atoms with van der Waals surface area (Å²) in [4.78, 5) is 14.0. The summed E-state index contributed by atoms with van der Waals surface area (Å²) in [5, 5.41) is 3.44. The topological polar surface area (TPSA) is 50.2 Å². The minimum absolute atomic E-state index is 0.244. The van der Waals surface area contributed by atoms with E-state index in [1.54, 1.807) is 24.3 Å². The quantitative estimate of drug-likeness (QED) is 0.719. The van der Waals surface area contributed by atoms with Crippen LogP contribution in [0, 0.1) is 18.7 Å². The number of thiazole rings is 1. The molecule has 2 aliphatic rings. The monoisotopic (exact) mass is 392 g/mol. The number of nitrogens with one attached hydrogen (secondary N) is 1. The first-order valence-electron chi connectivity index (χ1n) is 9.65. The number of rotatable bonds is 3. The summed E-state index contributed by atoms with van der Waals surface area (Å²) in [7, 11) is 0. The summed E-state index contributed by atoms with van der Waals surface area (Å²) in [6, 6.07) is 9.79. The van der Waals surface area contributed by atoms with Gasteiger partial charge in [0, 0.05) is 12.1 Å². The number of halogens is 1. The number of benzene rings is 1. The van der Waals surface area contributed by atoms with Crippen molar-refractivity contribution in [3.8, 4) is 0 Å². The molecule has 2 aliphatic heterocycles. The Morgan fingerprint density at radius 2 is 2.14 bits per heavy atom. The molecular weight excluding hydrogens is 371 g/mol. The van der Waals surface area contributed by atoms with Gasteiger partial charge in [-0.05, 0) is 62.1 Å². The van der Waals surface area contributed by atoms with Gasteiger partial charge in [-0.2, -0.15) is 0 Å². The Balaban J connectivity index is 1.59. The van der Waals surface area contributed by atoms with Crippen molar-refractivity contribution in [1.29, 1.82) is 0 Å². The maximum absolute atomic E-state index is 13.8. The predicted octanol–water partition coefficient (Wildman–Crippen LogP) is 4.39. The molecule has 4 nitrogen and oxygen atoms in total. The fraction of sp³-hybridized carbons (Fsp3) is 0.318. The molecule has 0 amide bonds. The Labute approximate surface area is 167 Å². The lowest BCUT2D eigenvalue weighted by atomic mass is 9.88. The Morgan fingerprint density at radius 1 is 1.21 bits per heavy atom. The van der Waals surface area contributed by atoms with Crippen LogP contribution in [0.15, 0.2) is 46.9 Å². The van der Waals surface area contributed by atoms with E-state index < -0.39 is 0 Å². The van der Waals surface area contributed by atoms with E-state index in [2.05, 4.69) is 39.6 Å². The van der Waals surface area contributed by atoms with Gasteiger partial charge < -0.3 is 5.32 Å². The average molecular weight is 393 g/mol. The van der Waals surface area contributed by atoms with E-state index in [0.29, 0.717) is 11.6 Å². The molecule has 0 unspecified atom stereocenters. The lowest BCUT2D eigenvalue weighted by Crippen LogP contribution is -2.26. The van der Waals surface area contributed by atoms with Crippen molar-refractivity contribution in [2.45, 2.75) is 25.8 Å². The van der Waals surface area contributed by atoms with Crippen molar-refractivity contribution in [2.24, 2.45) is 10.9 Å². The number of fused-ring (bicyclic) bond motifs is 1. The second-order valence-electron chi connectivity index (χ2n) is 7.45. The first kappa shape index (κ1) is 17.6. The number of hydrogen-bond donors (Lipinski definition) is 1. The summed E-state index contributed by atoms with van der Waals surface area (Å²) < 4.78 is 15.0. The van der Waals surface area contributed by atoms with Gasteiger partial charge in [0.2, 0.25) is 0 Å². The normalized spacial score (nSPS) is 22.4. The lowest BCUT2D eigenvalue weighted by Gasteiger charge is -2.25. The third kappa shape index (κ3) is 3.16. The highest BCUT2D eigenvalue weighted by molar-refractivity contribution is 7.16. The van der Waals surface area contributed by atoms with Gasteiger partial charge in [0.05, 0.1) is 38.9 Å². The summed E-state index contributed by atoms with van der Waals surface area (Å²) in [6.45, 7) is 3.76. The molecule has 0 aliphatic carbocycles. The van der Waals surface area contributed by atoms with Crippen molar-refractivity contribution >= 4 is 32.8 Å². The number of dihydropyridines is 1. The van der Waals surface area contributed by atoms with Gasteiger partial charge in [-0.25, -0.2) is 14.4 Å².